The van der Waals surface area contributed by atoms with Crippen LogP contribution in [0.2, 0.25) is 0 Å². The fourth-order valence-corrected chi connectivity index (χ4v) is 4.32. The second kappa shape index (κ2) is 8.05. The zero-order valence-electron chi connectivity index (χ0n) is 17.3. The van der Waals surface area contributed by atoms with Crippen LogP contribution in [0.1, 0.15) is 28.0 Å². The predicted octanol–water partition coefficient (Wildman–Crippen LogP) is 1.90. The number of hydrogen-bond donors (Lipinski definition) is 1. The summed E-state index contributed by atoms with van der Waals surface area (Å²) in [6, 6.07) is 10.2. The molecule has 0 aliphatic carbocycles. The first-order valence-electron chi connectivity index (χ1n) is 10.4. The zero-order valence-corrected chi connectivity index (χ0v) is 17.3. The standard InChI is InChI=1S/C23H18FN5O4/c24-18-6-5-13(10-19-15-3-1-2-4-16(15)21(31)27-26-19)9-17(18)22(32)28-8-7-14(12-28)29-20(30)11-25-23(29)33/h1-6,9,11,14H,7-8,10,12H2,(H,27,31)/t14-/m1/s1. The first-order chi connectivity index (χ1) is 15.9. The van der Waals surface area contributed by atoms with Crippen LogP contribution in [-0.4, -0.2) is 63.2 Å². The fourth-order valence-electron chi connectivity index (χ4n) is 4.32. The fraction of sp³-hybridized carbons (Fsp3) is 0.217. The maximum Gasteiger partial charge on any atom is 0.351 e. The molecule has 4 amide bonds. The summed E-state index contributed by atoms with van der Waals surface area (Å²) in [5.74, 6) is -1.69. The molecule has 2 aliphatic rings. The number of imide groups is 1. The maximum absolute atomic E-state index is 14.6. The lowest BCUT2D eigenvalue weighted by Gasteiger charge is -2.21. The lowest BCUT2D eigenvalue weighted by Crippen LogP contribution is -2.42. The van der Waals surface area contributed by atoms with Crippen molar-refractivity contribution in [2.45, 2.75) is 18.9 Å². The van der Waals surface area contributed by atoms with Gasteiger partial charge in [-0.1, -0.05) is 24.3 Å². The highest BCUT2D eigenvalue weighted by molar-refractivity contribution is 6.35. The van der Waals surface area contributed by atoms with Crippen LogP contribution < -0.4 is 5.56 Å². The summed E-state index contributed by atoms with van der Waals surface area (Å²) >= 11 is 0. The molecular formula is C23H18FN5O4. The van der Waals surface area contributed by atoms with Crippen molar-refractivity contribution in [3.8, 4) is 0 Å². The van der Waals surface area contributed by atoms with Crippen LogP contribution in [0.4, 0.5) is 9.18 Å². The molecule has 0 unspecified atom stereocenters. The van der Waals surface area contributed by atoms with Crippen molar-refractivity contribution in [1.29, 1.82) is 0 Å². The third-order valence-electron chi connectivity index (χ3n) is 5.95. The minimum atomic E-state index is -0.664. The molecule has 1 aromatic heterocycles. The van der Waals surface area contributed by atoms with Gasteiger partial charge in [0, 0.05) is 24.9 Å². The largest absolute Gasteiger partial charge is 0.351 e. The van der Waals surface area contributed by atoms with Gasteiger partial charge < -0.3 is 4.90 Å². The Morgan fingerprint density at radius 2 is 1.91 bits per heavy atom. The van der Waals surface area contributed by atoms with Gasteiger partial charge >= 0.3 is 6.03 Å². The molecule has 1 atom stereocenters. The number of nitrogens with zero attached hydrogens (tertiary/aromatic N) is 4. The van der Waals surface area contributed by atoms with Crippen LogP contribution >= 0.6 is 0 Å². The summed E-state index contributed by atoms with van der Waals surface area (Å²) in [6.45, 7) is 0.409. The lowest BCUT2D eigenvalue weighted by atomic mass is 10.0. The minimum absolute atomic E-state index is 0.0998. The Labute approximate surface area is 186 Å². The van der Waals surface area contributed by atoms with E-state index in [2.05, 4.69) is 15.2 Å². The Balaban J connectivity index is 1.38. The number of H-pyrrole nitrogens is 1. The summed E-state index contributed by atoms with van der Waals surface area (Å²) in [6.07, 6.45) is 1.65. The average molecular weight is 447 g/mol. The topological polar surface area (TPSA) is 116 Å². The van der Waals surface area contributed by atoms with Gasteiger partial charge in [-0.15, -0.1) is 0 Å². The zero-order chi connectivity index (χ0) is 23.1. The number of amides is 4. The Bertz CT molecular complexity index is 1380. The molecule has 0 radical (unpaired) electrons. The van der Waals surface area contributed by atoms with E-state index < -0.39 is 29.7 Å². The van der Waals surface area contributed by atoms with Crippen LogP contribution in [0.25, 0.3) is 10.8 Å². The quantitative estimate of drug-likeness (QED) is 0.656. The second-order valence-electron chi connectivity index (χ2n) is 7.98. The highest BCUT2D eigenvalue weighted by Crippen LogP contribution is 2.23. The molecule has 10 heteroatoms. The van der Waals surface area contributed by atoms with E-state index in [4.69, 9.17) is 0 Å². The number of benzene rings is 2. The van der Waals surface area contributed by atoms with Gasteiger partial charge in [-0.05, 0) is 30.2 Å². The molecule has 5 rings (SSSR count). The molecule has 0 saturated carbocycles. The highest BCUT2D eigenvalue weighted by Gasteiger charge is 2.38. The molecule has 3 aromatic rings. The van der Waals surface area contributed by atoms with E-state index in [0.29, 0.717) is 28.5 Å². The molecule has 2 aliphatic heterocycles. The molecule has 1 fully saturated rings. The van der Waals surface area contributed by atoms with Gasteiger partial charge in [-0.3, -0.25) is 19.3 Å². The number of aliphatic imine (C=N–C) groups is 1. The van der Waals surface area contributed by atoms with Gasteiger partial charge in [0.05, 0.1) is 28.9 Å². The van der Waals surface area contributed by atoms with Crippen LogP contribution in [0.5, 0.6) is 0 Å². The maximum atomic E-state index is 14.6. The number of likely N-dealkylation sites (tertiary alicyclic amines) is 1. The van der Waals surface area contributed by atoms with Crippen molar-refractivity contribution < 1.29 is 18.8 Å². The van der Waals surface area contributed by atoms with Crippen molar-refractivity contribution in [3.05, 3.63) is 75.5 Å². The number of hydrogen-bond acceptors (Lipinski definition) is 5. The first kappa shape index (κ1) is 20.7. The minimum Gasteiger partial charge on any atom is -0.336 e. The molecule has 3 heterocycles. The summed E-state index contributed by atoms with van der Waals surface area (Å²) in [4.78, 5) is 54.7. The number of nitrogens with one attached hydrogen (secondary N) is 1. The molecule has 1 N–H and O–H groups in total. The number of halogens is 1. The van der Waals surface area contributed by atoms with Gasteiger partial charge in [-0.25, -0.2) is 14.3 Å². The summed E-state index contributed by atoms with van der Waals surface area (Å²) in [5.41, 5.74) is 0.853. The molecule has 0 bridgehead atoms. The molecule has 166 valence electrons. The monoisotopic (exact) mass is 447 g/mol. The van der Waals surface area contributed by atoms with E-state index in [1.807, 2.05) is 0 Å². The van der Waals surface area contributed by atoms with E-state index in [9.17, 15) is 23.6 Å². The molecule has 1 saturated heterocycles. The third kappa shape index (κ3) is 3.69. The highest BCUT2D eigenvalue weighted by atomic mass is 19.1. The summed E-state index contributed by atoms with van der Waals surface area (Å²) in [7, 11) is 0. The van der Waals surface area contributed by atoms with Crippen molar-refractivity contribution >= 4 is 34.8 Å². The van der Waals surface area contributed by atoms with Crippen molar-refractivity contribution in [1.82, 2.24) is 20.0 Å². The molecule has 33 heavy (non-hydrogen) atoms. The number of rotatable bonds is 4. The van der Waals surface area contributed by atoms with Gasteiger partial charge in [0.2, 0.25) is 0 Å². The van der Waals surface area contributed by atoms with Gasteiger partial charge in [-0.2, -0.15) is 10.1 Å². The average Bonchev–Trinajstić information content (AvgIpc) is 3.42. The van der Waals surface area contributed by atoms with Gasteiger partial charge in [0.25, 0.3) is 17.4 Å². The van der Waals surface area contributed by atoms with Crippen molar-refractivity contribution in [2.24, 2.45) is 4.99 Å². The SMILES string of the molecule is O=C(c1cc(Cc2n[nH]c(=O)c3ccccc23)ccc1F)N1CC[C@@H](N2C(=O)C=NC2=O)C1. The van der Waals surface area contributed by atoms with E-state index in [0.717, 1.165) is 11.1 Å². The van der Waals surface area contributed by atoms with Crippen molar-refractivity contribution in [2.75, 3.05) is 13.1 Å². The van der Waals surface area contributed by atoms with Gasteiger partial charge in [0.15, 0.2) is 0 Å². The summed E-state index contributed by atoms with van der Waals surface area (Å²) in [5, 5.41) is 7.79. The lowest BCUT2D eigenvalue weighted by molar-refractivity contribution is -0.121. The summed E-state index contributed by atoms with van der Waals surface area (Å²) < 4.78 is 14.6. The predicted molar refractivity (Wildman–Crippen MR) is 117 cm³/mol. The first-order valence-corrected chi connectivity index (χ1v) is 10.4. The van der Waals surface area contributed by atoms with Crippen LogP contribution in [0, 0.1) is 5.82 Å². The Morgan fingerprint density at radius 1 is 1.12 bits per heavy atom. The van der Waals surface area contributed by atoms with E-state index >= 15 is 0 Å². The van der Waals surface area contributed by atoms with Crippen LogP contribution in [-0.2, 0) is 11.2 Å². The number of urea groups is 1. The number of fused-ring (bicyclic) bond motifs is 1. The second-order valence-corrected chi connectivity index (χ2v) is 7.98. The Hall–Kier alpha value is -4.21. The smallest absolute Gasteiger partial charge is 0.336 e. The number of carbonyl (C=O) groups excluding carboxylic acids is 3. The van der Waals surface area contributed by atoms with Gasteiger partial charge in [0.1, 0.15) is 5.82 Å². The third-order valence-corrected chi connectivity index (χ3v) is 5.95. The molecule has 9 nitrogen and oxygen atoms in total. The molecule has 2 aromatic carbocycles. The number of aromatic amines is 1. The normalized spacial score (nSPS) is 18.0. The van der Waals surface area contributed by atoms with E-state index in [1.54, 1.807) is 30.3 Å². The molecular weight excluding hydrogens is 429 g/mol. The number of aromatic nitrogens is 2. The van der Waals surface area contributed by atoms with Crippen molar-refractivity contribution in [3.63, 3.8) is 0 Å². The van der Waals surface area contributed by atoms with E-state index in [1.165, 1.54) is 17.0 Å². The molecule has 0 spiro atoms. The Morgan fingerprint density at radius 3 is 2.67 bits per heavy atom. The van der Waals surface area contributed by atoms with Crippen LogP contribution in [0.3, 0.4) is 0 Å². The van der Waals surface area contributed by atoms with E-state index in [-0.39, 0.29) is 30.6 Å². The van der Waals surface area contributed by atoms with Crippen LogP contribution in [0.15, 0.2) is 52.3 Å². The number of carbonyl (C=O) groups is 3. The Kier molecular flexibility index (Phi) is 5.04.